The van der Waals surface area contributed by atoms with Crippen LogP contribution in [-0.4, -0.2) is 55.8 Å². The van der Waals surface area contributed by atoms with Gasteiger partial charge in [-0.25, -0.2) is 0 Å². The zero-order valence-corrected chi connectivity index (χ0v) is 11.3. The molecule has 0 spiro atoms. The van der Waals surface area contributed by atoms with Crippen LogP contribution in [0.5, 0.6) is 0 Å². The minimum absolute atomic E-state index is 0.0306. The molecule has 6 heteroatoms. The molecule has 0 bridgehead atoms. The second-order valence-electron chi connectivity index (χ2n) is 4.26. The first kappa shape index (κ1) is 16.6. The minimum atomic E-state index is -0.306. The molecule has 0 aromatic heterocycles. The van der Waals surface area contributed by atoms with Crippen molar-refractivity contribution in [2.45, 2.75) is 32.3 Å². The summed E-state index contributed by atoms with van der Waals surface area (Å²) in [5, 5.41) is 2.29. The van der Waals surface area contributed by atoms with Gasteiger partial charge in [-0.2, -0.15) is 0 Å². The number of methoxy groups -OCH3 is 1. The van der Waals surface area contributed by atoms with Gasteiger partial charge in [0.1, 0.15) is 6.29 Å². The molecule has 0 aromatic rings. The molecule has 0 aliphatic heterocycles. The van der Waals surface area contributed by atoms with Gasteiger partial charge in [0.2, 0.25) is 12.3 Å². The highest BCUT2D eigenvalue weighted by Crippen LogP contribution is 2.18. The van der Waals surface area contributed by atoms with E-state index in [9.17, 15) is 14.4 Å². The van der Waals surface area contributed by atoms with E-state index in [1.165, 1.54) is 4.90 Å². The largest absolute Gasteiger partial charge is 0.378 e. The summed E-state index contributed by atoms with van der Waals surface area (Å²) in [4.78, 5) is 33.8. The SMILES string of the molecule is CCC(C)(CCN(CC=O)C(=O)CNC=O)OC. The predicted molar refractivity (Wildman–Crippen MR) is 67.0 cm³/mol. The van der Waals surface area contributed by atoms with Gasteiger partial charge in [0, 0.05) is 13.7 Å². The van der Waals surface area contributed by atoms with Crippen LogP contribution in [0.15, 0.2) is 0 Å². The number of rotatable bonds is 10. The molecule has 1 N–H and O–H groups in total. The van der Waals surface area contributed by atoms with Gasteiger partial charge in [0.25, 0.3) is 0 Å². The van der Waals surface area contributed by atoms with Crippen LogP contribution in [0.25, 0.3) is 0 Å². The number of hydrogen-bond acceptors (Lipinski definition) is 4. The Hall–Kier alpha value is -1.43. The van der Waals surface area contributed by atoms with E-state index in [1.54, 1.807) is 7.11 Å². The van der Waals surface area contributed by atoms with E-state index in [2.05, 4.69) is 5.32 Å². The van der Waals surface area contributed by atoms with Crippen LogP contribution in [-0.2, 0) is 19.1 Å². The van der Waals surface area contributed by atoms with Crippen LogP contribution >= 0.6 is 0 Å². The minimum Gasteiger partial charge on any atom is -0.378 e. The maximum Gasteiger partial charge on any atom is 0.242 e. The van der Waals surface area contributed by atoms with Crippen LogP contribution in [0, 0.1) is 0 Å². The van der Waals surface area contributed by atoms with Crippen molar-refractivity contribution in [3.63, 3.8) is 0 Å². The quantitative estimate of drug-likeness (QED) is 0.558. The first-order chi connectivity index (χ1) is 8.52. The van der Waals surface area contributed by atoms with Crippen molar-refractivity contribution >= 4 is 18.6 Å². The van der Waals surface area contributed by atoms with Crippen LogP contribution in [0.1, 0.15) is 26.7 Å². The van der Waals surface area contributed by atoms with E-state index in [1.807, 2.05) is 13.8 Å². The van der Waals surface area contributed by atoms with E-state index >= 15 is 0 Å². The molecule has 0 aromatic carbocycles. The fraction of sp³-hybridized carbons (Fsp3) is 0.750. The van der Waals surface area contributed by atoms with Gasteiger partial charge in [0.15, 0.2) is 0 Å². The van der Waals surface area contributed by atoms with Gasteiger partial charge in [-0.05, 0) is 19.8 Å². The molecule has 0 rings (SSSR count). The number of amides is 2. The maximum atomic E-state index is 11.7. The molecule has 104 valence electrons. The second kappa shape index (κ2) is 8.63. The molecule has 1 unspecified atom stereocenters. The van der Waals surface area contributed by atoms with Crippen LogP contribution in [0.4, 0.5) is 0 Å². The van der Waals surface area contributed by atoms with Gasteiger partial charge < -0.3 is 19.7 Å². The normalized spacial score (nSPS) is 13.5. The molecule has 0 aliphatic carbocycles. The smallest absolute Gasteiger partial charge is 0.242 e. The summed E-state index contributed by atoms with van der Waals surface area (Å²) in [6, 6.07) is 0. The van der Waals surface area contributed by atoms with Crippen molar-refractivity contribution in [2.75, 3.05) is 26.7 Å². The third-order valence-corrected chi connectivity index (χ3v) is 3.14. The predicted octanol–water partition coefficient (Wildman–Crippen LogP) is -0.0349. The lowest BCUT2D eigenvalue weighted by Crippen LogP contribution is -2.42. The van der Waals surface area contributed by atoms with E-state index in [0.29, 0.717) is 25.7 Å². The lowest BCUT2D eigenvalue weighted by atomic mass is 9.98. The standard InChI is InChI=1S/C12H22N2O4/c1-4-12(2,18-3)5-6-14(7-8-15)11(17)9-13-10-16/h8,10H,4-7,9H2,1-3H3,(H,13,16). The molecule has 0 saturated heterocycles. The summed E-state index contributed by atoms with van der Waals surface area (Å²) < 4.78 is 5.38. The summed E-state index contributed by atoms with van der Waals surface area (Å²) in [5.74, 6) is -0.274. The Balaban J connectivity index is 4.38. The molecule has 0 fully saturated rings. The first-order valence-corrected chi connectivity index (χ1v) is 5.96. The highest BCUT2D eigenvalue weighted by molar-refractivity contribution is 5.81. The van der Waals surface area contributed by atoms with E-state index in [4.69, 9.17) is 4.74 Å². The lowest BCUT2D eigenvalue weighted by molar-refractivity contribution is -0.133. The first-order valence-electron chi connectivity index (χ1n) is 5.96. The molecular formula is C12H22N2O4. The molecule has 0 aliphatic rings. The van der Waals surface area contributed by atoms with Gasteiger partial charge in [-0.1, -0.05) is 6.92 Å². The average molecular weight is 258 g/mol. The molecule has 0 radical (unpaired) electrons. The fourth-order valence-electron chi connectivity index (χ4n) is 1.44. The summed E-state index contributed by atoms with van der Waals surface area (Å²) in [6.07, 6.45) is 2.59. The Kier molecular flexibility index (Phi) is 7.94. The molecule has 6 nitrogen and oxygen atoms in total. The van der Waals surface area contributed by atoms with E-state index in [0.717, 1.165) is 6.42 Å². The third kappa shape index (κ3) is 5.77. The van der Waals surface area contributed by atoms with Crippen molar-refractivity contribution in [3.8, 4) is 0 Å². The summed E-state index contributed by atoms with van der Waals surface area (Å²) in [5.41, 5.74) is -0.306. The lowest BCUT2D eigenvalue weighted by Gasteiger charge is -2.30. The van der Waals surface area contributed by atoms with Gasteiger partial charge in [0.05, 0.1) is 18.7 Å². The Morgan fingerprint density at radius 3 is 2.56 bits per heavy atom. The molecule has 0 saturated carbocycles. The molecular weight excluding hydrogens is 236 g/mol. The van der Waals surface area contributed by atoms with Crippen molar-refractivity contribution in [3.05, 3.63) is 0 Å². The number of nitrogens with zero attached hydrogens (tertiary/aromatic N) is 1. The van der Waals surface area contributed by atoms with Crippen LogP contribution < -0.4 is 5.32 Å². The molecule has 18 heavy (non-hydrogen) atoms. The Morgan fingerprint density at radius 2 is 2.11 bits per heavy atom. The fourth-order valence-corrected chi connectivity index (χ4v) is 1.44. The number of carbonyl (C=O) groups excluding carboxylic acids is 3. The zero-order chi connectivity index (χ0) is 14.0. The van der Waals surface area contributed by atoms with Gasteiger partial charge >= 0.3 is 0 Å². The van der Waals surface area contributed by atoms with Gasteiger partial charge in [-0.15, -0.1) is 0 Å². The molecule has 0 heterocycles. The number of hydrogen-bond donors (Lipinski definition) is 1. The number of nitrogens with one attached hydrogen (secondary N) is 1. The number of aldehydes is 1. The second-order valence-corrected chi connectivity index (χ2v) is 4.26. The van der Waals surface area contributed by atoms with Crippen molar-refractivity contribution in [2.24, 2.45) is 0 Å². The monoisotopic (exact) mass is 258 g/mol. The van der Waals surface area contributed by atoms with Crippen LogP contribution in [0.3, 0.4) is 0 Å². The Labute approximate surface area is 108 Å². The highest BCUT2D eigenvalue weighted by Gasteiger charge is 2.23. The Morgan fingerprint density at radius 1 is 1.44 bits per heavy atom. The molecule has 1 atom stereocenters. The van der Waals surface area contributed by atoms with Gasteiger partial charge in [-0.3, -0.25) is 9.59 Å². The van der Waals surface area contributed by atoms with E-state index in [-0.39, 0.29) is 24.6 Å². The highest BCUT2D eigenvalue weighted by atomic mass is 16.5. The third-order valence-electron chi connectivity index (χ3n) is 3.14. The summed E-state index contributed by atoms with van der Waals surface area (Å²) >= 11 is 0. The van der Waals surface area contributed by atoms with E-state index < -0.39 is 0 Å². The summed E-state index contributed by atoms with van der Waals surface area (Å²) in [7, 11) is 1.63. The topological polar surface area (TPSA) is 75.7 Å². The molecule has 2 amide bonds. The van der Waals surface area contributed by atoms with Crippen molar-refractivity contribution in [1.82, 2.24) is 10.2 Å². The Bertz CT molecular complexity index is 277. The van der Waals surface area contributed by atoms with Crippen molar-refractivity contribution in [1.29, 1.82) is 0 Å². The van der Waals surface area contributed by atoms with Crippen molar-refractivity contribution < 1.29 is 19.1 Å². The average Bonchev–Trinajstić information content (AvgIpc) is 2.40. The zero-order valence-electron chi connectivity index (χ0n) is 11.3. The summed E-state index contributed by atoms with van der Waals surface area (Å²) in [6.45, 7) is 4.33. The number of carbonyl (C=O) groups is 3. The van der Waals surface area contributed by atoms with Crippen LogP contribution in [0.2, 0.25) is 0 Å². The number of ether oxygens (including phenoxy) is 1. The maximum absolute atomic E-state index is 11.7.